The Balaban J connectivity index is 2.12. The molecule has 2 rings (SSSR count). The summed E-state index contributed by atoms with van der Waals surface area (Å²) >= 11 is 0. The van der Waals surface area contributed by atoms with E-state index < -0.39 is 0 Å². The minimum absolute atomic E-state index is 0.236. The maximum absolute atomic E-state index is 5.89. The molecule has 0 saturated heterocycles. The summed E-state index contributed by atoms with van der Waals surface area (Å²) in [6, 6.07) is 6.47. The third-order valence-corrected chi connectivity index (χ3v) is 3.32. The van der Waals surface area contributed by atoms with Crippen molar-refractivity contribution in [3.05, 3.63) is 41.0 Å². The molecule has 0 aliphatic heterocycles. The van der Waals surface area contributed by atoms with Crippen LogP contribution >= 0.6 is 0 Å². The molecule has 0 fully saturated rings. The predicted octanol–water partition coefficient (Wildman–Crippen LogP) is 3.19. The number of rotatable bonds is 7. The van der Waals surface area contributed by atoms with Crippen molar-refractivity contribution in [3.63, 3.8) is 0 Å². The number of hydrogen-bond donors (Lipinski definition) is 1. The summed E-state index contributed by atoms with van der Waals surface area (Å²) in [6.07, 6.45) is 0.761. The van der Waals surface area contributed by atoms with Crippen LogP contribution in [0.3, 0.4) is 0 Å². The molecular formula is C16H23N3O2. The molecule has 1 heterocycles. The summed E-state index contributed by atoms with van der Waals surface area (Å²) in [5.41, 5.74) is 2.30. The van der Waals surface area contributed by atoms with Crippen LogP contribution in [-0.2, 0) is 13.0 Å². The third-order valence-electron chi connectivity index (χ3n) is 3.32. The van der Waals surface area contributed by atoms with Crippen molar-refractivity contribution in [2.75, 3.05) is 6.54 Å². The Morgan fingerprint density at radius 3 is 2.81 bits per heavy atom. The van der Waals surface area contributed by atoms with Crippen molar-refractivity contribution in [1.82, 2.24) is 15.5 Å². The number of nitrogens with zero attached hydrogens (tertiary/aromatic N) is 2. The average Bonchev–Trinajstić information content (AvgIpc) is 2.93. The van der Waals surface area contributed by atoms with Crippen LogP contribution in [0.15, 0.2) is 22.7 Å². The number of aryl methyl sites for hydroxylation is 2. The van der Waals surface area contributed by atoms with Crippen molar-refractivity contribution in [2.24, 2.45) is 0 Å². The van der Waals surface area contributed by atoms with Crippen LogP contribution in [0.4, 0.5) is 0 Å². The van der Waals surface area contributed by atoms with E-state index in [1.807, 2.05) is 13.0 Å². The lowest BCUT2D eigenvalue weighted by atomic mass is 10.0. The van der Waals surface area contributed by atoms with E-state index in [4.69, 9.17) is 9.26 Å². The molecule has 114 valence electrons. The van der Waals surface area contributed by atoms with E-state index in [0.717, 1.165) is 29.8 Å². The number of benzene rings is 1. The fourth-order valence-corrected chi connectivity index (χ4v) is 2.17. The molecule has 0 aliphatic carbocycles. The van der Waals surface area contributed by atoms with Crippen LogP contribution in [0, 0.1) is 6.92 Å². The fourth-order valence-electron chi connectivity index (χ4n) is 2.17. The third kappa shape index (κ3) is 4.04. The van der Waals surface area contributed by atoms with Crippen molar-refractivity contribution in [2.45, 2.75) is 46.8 Å². The Morgan fingerprint density at radius 1 is 1.33 bits per heavy atom. The molecule has 0 aliphatic rings. The van der Waals surface area contributed by atoms with Gasteiger partial charge in [-0.1, -0.05) is 31.1 Å². The molecular weight excluding hydrogens is 266 g/mol. The molecule has 5 heteroatoms. The van der Waals surface area contributed by atoms with Gasteiger partial charge < -0.3 is 14.6 Å². The number of aromatic nitrogens is 2. The lowest BCUT2D eigenvalue weighted by Gasteiger charge is -2.17. The Labute approximate surface area is 125 Å². The molecule has 1 atom stereocenters. The molecule has 0 saturated carbocycles. The molecule has 0 amide bonds. The van der Waals surface area contributed by atoms with Gasteiger partial charge in [-0.25, -0.2) is 0 Å². The topological polar surface area (TPSA) is 60.2 Å². The largest absolute Gasteiger partial charge is 0.483 e. The van der Waals surface area contributed by atoms with Crippen molar-refractivity contribution < 1.29 is 9.26 Å². The first-order chi connectivity index (χ1) is 10.1. The van der Waals surface area contributed by atoms with Gasteiger partial charge in [0.1, 0.15) is 5.75 Å². The van der Waals surface area contributed by atoms with Crippen LogP contribution in [0.25, 0.3) is 0 Å². The fraction of sp³-hybridized carbons (Fsp3) is 0.500. The smallest absolute Gasteiger partial charge is 0.264 e. The Kier molecular flexibility index (Phi) is 5.33. The highest BCUT2D eigenvalue weighted by Crippen LogP contribution is 2.27. The molecule has 1 aromatic heterocycles. The molecule has 0 radical (unpaired) electrons. The van der Waals surface area contributed by atoms with Crippen LogP contribution in [-0.4, -0.2) is 16.7 Å². The first-order valence-electron chi connectivity index (χ1n) is 7.42. The second kappa shape index (κ2) is 7.22. The summed E-state index contributed by atoms with van der Waals surface area (Å²) < 4.78 is 11.0. The van der Waals surface area contributed by atoms with E-state index in [1.165, 1.54) is 0 Å². The van der Waals surface area contributed by atoms with Crippen LogP contribution in [0.2, 0.25) is 0 Å². The zero-order valence-corrected chi connectivity index (χ0v) is 13.1. The zero-order valence-electron chi connectivity index (χ0n) is 13.1. The van der Waals surface area contributed by atoms with Gasteiger partial charge in [0, 0.05) is 18.0 Å². The molecule has 1 N–H and O–H groups in total. The van der Waals surface area contributed by atoms with E-state index in [2.05, 4.69) is 48.4 Å². The molecule has 5 nitrogen and oxygen atoms in total. The highest BCUT2D eigenvalue weighted by molar-refractivity contribution is 5.39. The average molecular weight is 289 g/mol. The van der Waals surface area contributed by atoms with Crippen molar-refractivity contribution >= 4 is 0 Å². The standard InChI is InChI=1S/C16H23N3O2/c1-5-15-18-16(21-19-15)10-20-14-9-11(3)7-8-13(14)12(4)17-6-2/h7-9,12,17H,5-6,10H2,1-4H3. The second-order valence-corrected chi connectivity index (χ2v) is 5.07. The van der Waals surface area contributed by atoms with Gasteiger partial charge in [-0.05, 0) is 32.0 Å². The minimum atomic E-state index is 0.236. The Morgan fingerprint density at radius 2 is 2.14 bits per heavy atom. The summed E-state index contributed by atoms with van der Waals surface area (Å²) in [4.78, 5) is 4.26. The minimum Gasteiger partial charge on any atom is -0.483 e. The summed E-state index contributed by atoms with van der Waals surface area (Å²) in [7, 11) is 0. The molecule has 1 unspecified atom stereocenters. The van der Waals surface area contributed by atoms with E-state index in [9.17, 15) is 0 Å². The highest BCUT2D eigenvalue weighted by atomic mass is 16.5. The summed E-state index contributed by atoms with van der Waals surface area (Å²) in [5.74, 6) is 2.08. The van der Waals surface area contributed by atoms with Gasteiger partial charge in [-0.15, -0.1) is 0 Å². The van der Waals surface area contributed by atoms with Crippen LogP contribution < -0.4 is 10.1 Å². The first-order valence-corrected chi connectivity index (χ1v) is 7.42. The van der Waals surface area contributed by atoms with Gasteiger partial charge >= 0.3 is 0 Å². The molecule has 0 spiro atoms. The lowest BCUT2D eigenvalue weighted by molar-refractivity contribution is 0.239. The summed E-state index contributed by atoms with van der Waals surface area (Å²) in [6.45, 7) is 9.47. The van der Waals surface area contributed by atoms with E-state index >= 15 is 0 Å². The molecule has 0 bridgehead atoms. The van der Waals surface area contributed by atoms with E-state index in [-0.39, 0.29) is 6.04 Å². The monoisotopic (exact) mass is 289 g/mol. The van der Waals surface area contributed by atoms with Gasteiger partial charge in [0.25, 0.3) is 5.89 Å². The number of nitrogens with one attached hydrogen (secondary N) is 1. The van der Waals surface area contributed by atoms with Crippen molar-refractivity contribution in [3.8, 4) is 5.75 Å². The van der Waals surface area contributed by atoms with Gasteiger partial charge in [-0.2, -0.15) is 4.98 Å². The van der Waals surface area contributed by atoms with Crippen LogP contribution in [0.5, 0.6) is 5.75 Å². The quantitative estimate of drug-likeness (QED) is 0.848. The highest BCUT2D eigenvalue weighted by Gasteiger charge is 2.13. The first kappa shape index (κ1) is 15.5. The van der Waals surface area contributed by atoms with Gasteiger partial charge in [-0.3, -0.25) is 0 Å². The van der Waals surface area contributed by atoms with Gasteiger partial charge in [0.05, 0.1) is 0 Å². The van der Waals surface area contributed by atoms with Crippen molar-refractivity contribution in [1.29, 1.82) is 0 Å². The summed E-state index contributed by atoms with van der Waals surface area (Å²) in [5, 5.41) is 7.27. The van der Waals surface area contributed by atoms with E-state index in [0.29, 0.717) is 18.3 Å². The van der Waals surface area contributed by atoms with Gasteiger partial charge in [0.15, 0.2) is 12.4 Å². The Hall–Kier alpha value is -1.88. The Bertz CT molecular complexity index is 581. The number of ether oxygens (including phenoxy) is 1. The lowest BCUT2D eigenvalue weighted by Crippen LogP contribution is -2.18. The molecule has 2 aromatic rings. The molecule has 21 heavy (non-hydrogen) atoms. The van der Waals surface area contributed by atoms with Crippen LogP contribution in [0.1, 0.15) is 49.7 Å². The maximum atomic E-state index is 5.89. The van der Waals surface area contributed by atoms with Gasteiger partial charge in [0.2, 0.25) is 0 Å². The predicted molar refractivity (Wildman–Crippen MR) is 81.3 cm³/mol. The zero-order chi connectivity index (χ0) is 15.2. The molecule has 1 aromatic carbocycles. The SMILES string of the molecule is CCNC(C)c1ccc(C)cc1OCc1nc(CC)no1. The normalized spacial score (nSPS) is 12.4. The maximum Gasteiger partial charge on any atom is 0.264 e. The number of hydrogen-bond acceptors (Lipinski definition) is 5. The van der Waals surface area contributed by atoms with E-state index in [1.54, 1.807) is 0 Å². The second-order valence-electron chi connectivity index (χ2n) is 5.07.